The Bertz CT molecular complexity index is 1060. The predicted octanol–water partition coefficient (Wildman–Crippen LogP) is 4.09. The van der Waals surface area contributed by atoms with Crippen LogP contribution in [0, 0.1) is 5.92 Å². The molecule has 0 radical (unpaired) electrons. The van der Waals surface area contributed by atoms with Crippen molar-refractivity contribution in [2.45, 2.75) is 19.4 Å². The van der Waals surface area contributed by atoms with Gasteiger partial charge in [-0.05, 0) is 61.3 Å². The van der Waals surface area contributed by atoms with Gasteiger partial charge in [-0.3, -0.25) is 9.69 Å². The van der Waals surface area contributed by atoms with Gasteiger partial charge in [0.25, 0.3) is 0 Å². The molecule has 0 amide bonds. The van der Waals surface area contributed by atoms with Crippen LogP contribution in [0.15, 0.2) is 60.9 Å². The summed E-state index contributed by atoms with van der Waals surface area (Å²) in [5.74, 6) is 2.22. The Morgan fingerprint density at radius 1 is 1.06 bits per heavy atom. The Morgan fingerprint density at radius 2 is 1.87 bits per heavy atom. The molecule has 1 saturated heterocycles. The molecule has 7 heteroatoms. The summed E-state index contributed by atoms with van der Waals surface area (Å²) in [6.07, 6.45) is 5.21. The number of hydrogen-bond donors (Lipinski definition) is 0. The zero-order valence-corrected chi connectivity index (χ0v) is 17.1. The summed E-state index contributed by atoms with van der Waals surface area (Å²) in [7, 11) is 0. The molecule has 5 rings (SSSR count). The van der Waals surface area contributed by atoms with E-state index in [2.05, 4.69) is 14.9 Å². The van der Waals surface area contributed by atoms with E-state index in [-0.39, 0.29) is 18.5 Å². The van der Waals surface area contributed by atoms with Crippen molar-refractivity contribution in [1.82, 2.24) is 14.9 Å². The normalized spacial score (nSPS) is 18.0. The zero-order chi connectivity index (χ0) is 21.0. The number of aromatic nitrogens is 2. The van der Waals surface area contributed by atoms with Crippen LogP contribution in [0.4, 0.5) is 0 Å². The van der Waals surface area contributed by atoms with Crippen LogP contribution >= 0.6 is 0 Å². The highest BCUT2D eigenvalue weighted by atomic mass is 16.7. The topological polar surface area (TPSA) is 73.8 Å². The largest absolute Gasteiger partial charge is 0.454 e. The van der Waals surface area contributed by atoms with Crippen molar-refractivity contribution in [2.24, 2.45) is 5.92 Å². The summed E-state index contributed by atoms with van der Waals surface area (Å²) in [6.45, 7) is 2.75. The first-order valence-electron chi connectivity index (χ1n) is 10.4. The van der Waals surface area contributed by atoms with Crippen molar-refractivity contribution in [2.75, 3.05) is 19.9 Å². The molecular weight excluding hydrogens is 394 g/mol. The van der Waals surface area contributed by atoms with Crippen molar-refractivity contribution >= 4 is 5.78 Å². The summed E-state index contributed by atoms with van der Waals surface area (Å²) in [5.41, 5.74) is 1.87. The summed E-state index contributed by atoms with van der Waals surface area (Å²) in [5, 5.41) is 0. The highest BCUT2D eigenvalue weighted by molar-refractivity contribution is 5.98. The monoisotopic (exact) mass is 417 g/mol. The Hall–Kier alpha value is -3.45. The van der Waals surface area contributed by atoms with E-state index in [0.29, 0.717) is 28.8 Å². The minimum absolute atomic E-state index is 0.00745. The molecule has 2 aliphatic heterocycles. The molecule has 0 N–H and O–H groups in total. The first kappa shape index (κ1) is 19.5. The van der Waals surface area contributed by atoms with Gasteiger partial charge in [0.1, 0.15) is 5.75 Å². The Morgan fingerprint density at radius 3 is 2.71 bits per heavy atom. The number of rotatable bonds is 6. The number of Topliss-reactive ketones (excluding diaryl/α,β-unsaturated/α-hetero) is 1. The maximum absolute atomic E-state index is 13.1. The number of carbonyl (C=O) groups excluding carboxylic acids is 1. The lowest BCUT2D eigenvalue weighted by Gasteiger charge is -2.32. The fraction of sp³-hybridized carbons (Fsp3) is 0.292. The smallest absolute Gasteiger partial charge is 0.321 e. The zero-order valence-electron chi connectivity index (χ0n) is 17.1. The third kappa shape index (κ3) is 4.51. The van der Waals surface area contributed by atoms with Gasteiger partial charge in [0, 0.05) is 37.0 Å². The molecule has 3 aromatic rings. The van der Waals surface area contributed by atoms with Crippen LogP contribution in [0.3, 0.4) is 0 Å². The summed E-state index contributed by atoms with van der Waals surface area (Å²) in [4.78, 5) is 23.5. The summed E-state index contributed by atoms with van der Waals surface area (Å²) in [6, 6.07) is 15.5. The fourth-order valence-electron chi connectivity index (χ4n) is 4.06. The molecular formula is C24H23N3O4. The first-order valence-corrected chi connectivity index (χ1v) is 10.4. The number of benzene rings is 2. The minimum atomic E-state index is -0.00745. The molecule has 1 fully saturated rings. The average molecular weight is 417 g/mol. The maximum Gasteiger partial charge on any atom is 0.321 e. The second kappa shape index (κ2) is 8.73. The predicted molar refractivity (Wildman–Crippen MR) is 113 cm³/mol. The molecule has 7 nitrogen and oxygen atoms in total. The van der Waals surface area contributed by atoms with E-state index in [9.17, 15) is 4.79 Å². The molecule has 3 heterocycles. The van der Waals surface area contributed by atoms with Gasteiger partial charge >= 0.3 is 6.01 Å². The molecule has 0 bridgehead atoms. The third-order valence-electron chi connectivity index (χ3n) is 5.61. The number of hydrogen-bond acceptors (Lipinski definition) is 7. The molecule has 2 aliphatic rings. The van der Waals surface area contributed by atoms with Crippen LogP contribution in [0.5, 0.6) is 23.3 Å². The van der Waals surface area contributed by atoms with Gasteiger partial charge in [-0.15, -0.1) is 0 Å². The van der Waals surface area contributed by atoms with Crippen LogP contribution in [0.2, 0.25) is 0 Å². The van der Waals surface area contributed by atoms with Crippen LogP contribution < -0.4 is 14.2 Å². The van der Waals surface area contributed by atoms with Gasteiger partial charge in [0.2, 0.25) is 6.79 Å². The first-order chi connectivity index (χ1) is 15.2. The van der Waals surface area contributed by atoms with Gasteiger partial charge in [0.15, 0.2) is 17.3 Å². The lowest BCUT2D eigenvalue weighted by molar-refractivity contribution is 0.0811. The van der Waals surface area contributed by atoms with E-state index >= 15 is 0 Å². The number of nitrogens with zero attached hydrogens (tertiary/aromatic N) is 3. The molecule has 1 atom stereocenters. The Balaban J connectivity index is 1.20. The SMILES string of the molecule is O=C(c1ccc2c(c1)OCO2)[C@@H]1CCCN(Cc2ccc(Oc3ncccn3)cc2)C1. The molecule has 0 unspecified atom stereocenters. The lowest BCUT2D eigenvalue weighted by atomic mass is 9.89. The second-order valence-electron chi connectivity index (χ2n) is 7.78. The van der Waals surface area contributed by atoms with E-state index in [1.165, 1.54) is 5.56 Å². The highest BCUT2D eigenvalue weighted by Gasteiger charge is 2.28. The molecule has 0 saturated carbocycles. The van der Waals surface area contributed by atoms with Crippen molar-refractivity contribution in [1.29, 1.82) is 0 Å². The lowest BCUT2D eigenvalue weighted by Crippen LogP contribution is -2.38. The van der Waals surface area contributed by atoms with Crippen LogP contribution in [-0.2, 0) is 6.54 Å². The minimum Gasteiger partial charge on any atom is -0.454 e. The van der Waals surface area contributed by atoms with Crippen LogP contribution in [-0.4, -0.2) is 40.5 Å². The molecule has 0 spiro atoms. The van der Waals surface area contributed by atoms with E-state index in [1.807, 2.05) is 36.4 Å². The van der Waals surface area contributed by atoms with Crippen molar-refractivity contribution < 1.29 is 19.0 Å². The van der Waals surface area contributed by atoms with Crippen LogP contribution in [0.25, 0.3) is 0 Å². The standard InChI is InChI=1S/C24H23N3O4/c28-23(18-6-9-21-22(13-18)30-16-29-21)19-3-1-12-27(15-19)14-17-4-7-20(8-5-17)31-24-25-10-2-11-26-24/h2,4-11,13,19H,1,3,12,14-16H2/t19-/m1/s1. The van der Waals surface area contributed by atoms with Crippen molar-refractivity contribution in [3.05, 3.63) is 72.1 Å². The number of ether oxygens (including phenoxy) is 3. The number of piperidine rings is 1. The van der Waals surface area contributed by atoms with Gasteiger partial charge in [-0.1, -0.05) is 12.1 Å². The summed E-state index contributed by atoms with van der Waals surface area (Å²) >= 11 is 0. The van der Waals surface area contributed by atoms with Gasteiger partial charge in [0.05, 0.1) is 0 Å². The highest BCUT2D eigenvalue weighted by Crippen LogP contribution is 2.34. The summed E-state index contributed by atoms with van der Waals surface area (Å²) < 4.78 is 16.4. The van der Waals surface area contributed by atoms with Gasteiger partial charge < -0.3 is 14.2 Å². The second-order valence-corrected chi connectivity index (χ2v) is 7.78. The van der Waals surface area contributed by atoms with Crippen molar-refractivity contribution in [3.8, 4) is 23.3 Å². The molecule has 2 aromatic carbocycles. The van der Waals surface area contributed by atoms with E-state index in [0.717, 1.165) is 32.5 Å². The van der Waals surface area contributed by atoms with Crippen molar-refractivity contribution in [3.63, 3.8) is 0 Å². The quantitative estimate of drug-likeness (QED) is 0.559. The third-order valence-corrected chi connectivity index (χ3v) is 5.61. The molecule has 158 valence electrons. The molecule has 0 aliphatic carbocycles. The number of ketones is 1. The molecule has 1 aromatic heterocycles. The van der Waals surface area contributed by atoms with Gasteiger partial charge in [-0.2, -0.15) is 0 Å². The number of likely N-dealkylation sites (tertiary alicyclic amines) is 1. The Labute approximate surface area is 180 Å². The van der Waals surface area contributed by atoms with E-state index in [1.54, 1.807) is 24.5 Å². The number of fused-ring (bicyclic) bond motifs is 1. The van der Waals surface area contributed by atoms with E-state index < -0.39 is 0 Å². The average Bonchev–Trinajstić information content (AvgIpc) is 3.29. The van der Waals surface area contributed by atoms with Crippen LogP contribution in [0.1, 0.15) is 28.8 Å². The Kier molecular flexibility index (Phi) is 5.50. The fourth-order valence-corrected chi connectivity index (χ4v) is 4.06. The van der Waals surface area contributed by atoms with E-state index in [4.69, 9.17) is 14.2 Å². The molecule has 31 heavy (non-hydrogen) atoms. The number of carbonyl (C=O) groups is 1. The van der Waals surface area contributed by atoms with Gasteiger partial charge in [-0.25, -0.2) is 9.97 Å². The maximum atomic E-state index is 13.1.